The van der Waals surface area contributed by atoms with E-state index in [1.54, 1.807) is 12.0 Å². The summed E-state index contributed by atoms with van der Waals surface area (Å²) >= 11 is 0. The molecule has 0 aromatic heterocycles. The molecule has 0 aliphatic heterocycles. The van der Waals surface area contributed by atoms with Crippen molar-refractivity contribution in [1.82, 2.24) is 0 Å². The van der Waals surface area contributed by atoms with Gasteiger partial charge in [0.15, 0.2) is 0 Å². The smallest absolute Gasteiger partial charge is 0.223 e. The van der Waals surface area contributed by atoms with E-state index in [0.717, 1.165) is 5.69 Å². The molecule has 1 N–H and O–H groups in total. The van der Waals surface area contributed by atoms with Gasteiger partial charge in [-0.1, -0.05) is 12.1 Å². The molecule has 1 aromatic carbocycles. The molecule has 0 aliphatic carbocycles. The van der Waals surface area contributed by atoms with Crippen molar-refractivity contribution in [2.45, 2.75) is 13.3 Å². The fourth-order valence-electron chi connectivity index (χ4n) is 1.53. The number of hydrogen-bond acceptors (Lipinski definition) is 3. The Kier molecular flexibility index (Phi) is 4.79. The quantitative estimate of drug-likeness (QED) is 0.821. The zero-order chi connectivity index (χ0) is 12.0. The number of nitrogens with zero attached hydrogens (tertiary/aromatic N) is 1. The number of amides is 1. The predicted octanol–water partition coefficient (Wildman–Crippen LogP) is 1.43. The van der Waals surface area contributed by atoms with Gasteiger partial charge in [-0.25, -0.2) is 0 Å². The van der Waals surface area contributed by atoms with Crippen molar-refractivity contribution >= 4 is 11.6 Å². The van der Waals surface area contributed by atoms with Crippen LogP contribution < -0.4 is 9.64 Å². The van der Waals surface area contributed by atoms with Crippen LogP contribution in [-0.2, 0) is 4.79 Å². The maximum absolute atomic E-state index is 11.5. The molecule has 0 spiro atoms. The molecule has 4 heteroatoms. The molecule has 0 bridgehead atoms. The van der Waals surface area contributed by atoms with Gasteiger partial charge in [-0.3, -0.25) is 4.79 Å². The Morgan fingerprint density at radius 3 is 2.69 bits per heavy atom. The van der Waals surface area contributed by atoms with E-state index < -0.39 is 0 Å². The summed E-state index contributed by atoms with van der Waals surface area (Å²) in [6.07, 6.45) is 0.553. The van der Waals surface area contributed by atoms with Crippen molar-refractivity contribution in [3.05, 3.63) is 24.3 Å². The van der Waals surface area contributed by atoms with Crippen molar-refractivity contribution in [1.29, 1.82) is 0 Å². The molecule has 4 nitrogen and oxygen atoms in total. The first-order chi connectivity index (χ1) is 7.70. The minimum Gasteiger partial charge on any atom is -0.495 e. The fraction of sp³-hybridized carbons (Fsp3) is 0.417. The molecule has 88 valence electrons. The SMILES string of the molecule is COc1ccccc1N(CCCO)C(C)=O. The highest BCUT2D eigenvalue weighted by Gasteiger charge is 2.14. The number of hydrogen-bond donors (Lipinski definition) is 1. The Hall–Kier alpha value is -1.55. The number of carbonyl (C=O) groups excluding carboxylic acids is 1. The van der Waals surface area contributed by atoms with Crippen LogP contribution in [0.5, 0.6) is 5.75 Å². The van der Waals surface area contributed by atoms with Crippen LogP contribution in [0.15, 0.2) is 24.3 Å². The van der Waals surface area contributed by atoms with Gasteiger partial charge >= 0.3 is 0 Å². The van der Waals surface area contributed by atoms with Crippen LogP contribution in [0.2, 0.25) is 0 Å². The van der Waals surface area contributed by atoms with E-state index in [4.69, 9.17) is 9.84 Å². The zero-order valence-corrected chi connectivity index (χ0v) is 9.64. The topological polar surface area (TPSA) is 49.8 Å². The third kappa shape index (κ3) is 2.97. The van der Waals surface area contributed by atoms with Gasteiger partial charge in [0.05, 0.1) is 12.8 Å². The highest BCUT2D eigenvalue weighted by Crippen LogP contribution is 2.27. The first kappa shape index (κ1) is 12.5. The summed E-state index contributed by atoms with van der Waals surface area (Å²) in [4.78, 5) is 13.1. The minimum atomic E-state index is -0.0575. The molecular formula is C12H17NO3. The summed E-state index contributed by atoms with van der Waals surface area (Å²) in [5.41, 5.74) is 0.742. The van der Waals surface area contributed by atoms with E-state index in [-0.39, 0.29) is 12.5 Å². The van der Waals surface area contributed by atoms with Crippen molar-refractivity contribution < 1.29 is 14.6 Å². The van der Waals surface area contributed by atoms with E-state index in [9.17, 15) is 4.79 Å². The first-order valence-corrected chi connectivity index (χ1v) is 5.22. The van der Waals surface area contributed by atoms with Gasteiger partial charge in [-0.05, 0) is 18.6 Å². The molecule has 1 rings (SSSR count). The monoisotopic (exact) mass is 223 g/mol. The third-order valence-corrected chi connectivity index (χ3v) is 2.30. The molecule has 0 radical (unpaired) electrons. The van der Waals surface area contributed by atoms with Crippen LogP contribution in [0.4, 0.5) is 5.69 Å². The van der Waals surface area contributed by atoms with Crippen molar-refractivity contribution in [2.75, 3.05) is 25.2 Å². The summed E-state index contributed by atoms with van der Waals surface area (Å²) in [5.74, 6) is 0.605. The fourth-order valence-corrected chi connectivity index (χ4v) is 1.53. The van der Waals surface area contributed by atoms with Gasteiger partial charge in [0.1, 0.15) is 5.75 Å². The van der Waals surface area contributed by atoms with Crippen LogP contribution in [-0.4, -0.2) is 31.3 Å². The van der Waals surface area contributed by atoms with Crippen LogP contribution in [0, 0.1) is 0 Å². The largest absolute Gasteiger partial charge is 0.495 e. The van der Waals surface area contributed by atoms with Gasteiger partial charge in [0.2, 0.25) is 5.91 Å². The second-order valence-corrected chi connectivity index (χ2v) is 3.42. The van der Waals surface area contributed by atoms with Gasteiger partial charge in [-0.2, -0.15) is 0 Å². The summed E-state index contributed by atoms with van der Waals surface area (Å²) in [7, 11) is 1.57. The second kappa shape index (κ2) is 6.12. The molecule has 0 saturated carbocycles. The molecule has 1 amide bonds. The van der Waals surface area contributed by atoms with Crippen molar-refractivity contribution in [3.63, 3.8) is 0 Å². The lowest BCUT2D eigenvalue weighted by Gasteiger charge is -2.22. The van der Waals surface area contributed by atoms with E-state index in [1.165, 1.54) is 6.92 Å². The number of methoxy groups -OCH3 is 1. The van der Waals surface area contributed by atoms with E-state index >= 15 is 0 Å². The van der Waals surface area contributed by atoms with Crippen LogP contribution in [0.3, 0.4) is 0 Å². The molecule has 1 aromatic rings. The molecule has 0 fully saturated rings. The summed E-state index contributed by atoms with van der Waals surface area (Å²) in [6, 6.07) is 7.35. The lowest BCUT2D eigenvalue weighted by atomic mass is 10.2. The molecule has 0 atom stereocenters. The number of rotatable bonds is 5. The number of ether oxygens (including phenoxy) is 1. The van der Waals surface area contributed by atoms with Crippen molar-refractivity contribution in [3.8, 4) is 5.75 Å². The Morgan fingerprint density at radius 1 is 1.44 bits per heavy atom. The molecule has 0 saturated heterocycles. The zero-order valence-electron chi connectivity index (χ0n) is 9.64. The van der Waals surface area contributed by atoms with Crippen LogP contribution in [0.1, 0.15) is 13.3 Å². The molecule has 0 unspecified atom stereocenters. The maximum Gasteiger partial charge on any atom is 0.223 e. The number of aliphatic hydroxyl groups is 1. The molecular weight excluding hydrogens is 206 g/mol. The van der Waals surface area contributed by atoms with Gasteiger partial charge in [-0.15, -0.1) is 0 Å². The third-order valence-electron chi connectivity index (χ3n) is 2.30. The average Bonchev–Trinajstić information content (AvgIpc) is 2.29. The lowest BCUT2D eigenvalue weighted by molar-refractivity contribution is -0.116. The Morgan fingerprint density at radius 2 is 2.12 bits per heavy atom. The van der Waals surface area contributed by atoms with Crippen LogP contribution in [0.25, 0.3) is 0 Å². The lowest BCUT2D eigenvalue weighted by Crippen LogP contribution is -2.30. The number of carbonyl (C=O) groups is 1. The normalized spacial score (nSPS) is 9.94. The van der Waals surface area contributed by atoms with Gasteiger partial charge < -0.3 is 14.7 Å². The van der Waals surface area contributed by atoms with Gasteiger partial charge in [0, 0.05) is 20.1 Å². The first-order valence-electron chi connectivity index (χ1n) is 5.22. The predicted molar refractivity (Wildman–Crippen MR) is 62.7 cm³/mol. The number of benzene rings is 1. The van der Waals surface area contributed by atoms with E-state index in [0.29, 0.717) is 18.7 Å². The van der Waals surface area contributed by atoms with Crippen molar-refractivity contribution in [2.24, 2.45) is 0 Å². The Labute approximate surface area is 95.5 Å². The van der Waals surface area contributed by atoms with E-state index in [2.05, 4.69) is 0 Å². The Bertz CT molecular complexity index is 352. The Balaban J connectivity index is 2.95. The van der Waals surface area contributed by atoms with Crippen LogP contribution >= 0.6 is 0 Å². The number of aliphatic hydroxyl groups excluding tert-OH is 1. The average molecular weight is 223 g/mol. The van der Waals surface area contributed by atoms with Gasteiger partial charge in [0.25, 0.3) is 0 Å². The molecule has 0 heterocycles. The summed E-state index contributed by atoms with van der Waals surface area (Å²) in [6.45, 7) is 2.06. The maximum atomic E-state index is 11.5. The molecule has 0 aliphatic rings. The standard InChI is InChI=1S/C12H17NO3/c1-10(15)13(8-5-9-14)11-6-3-4-7-12(11)16-2/h3-4,6-7,14H,5,8-9H2,1-2H3. The number of para-hydroxylation sites is 2. The highest BCUT2D eigenvalue weighted by atomic mass is 16.5. The summed E-state index contributed by atoms with van der Waals surface area (Å²) < 4.78 is 5.20. The minimum absolute atomic E-state index is 0.0575. The van der Waals surface area contributed by atoms with E-state index in [1.807, 2.05) is 24.3 Å². The highest BCUT2D eigenvalue weighted by molar-refractivity contribution is 5.93. The summed E-state index contributed by atoms with van der Waals surface area (Å²) in [5, 5.41) is 8.80. The molecule has 16 heavy (non-hydrogen) atoms. The second-order valence-electron chi connectivity index (χ2n) is 3.42. The number of anilines is 1.